The Morgan fingerprint density at radius 1 is 1.53 bits per heavy atom. The molecule has 0 aromatic carbocycles. The molecule has 0 spiro atoms. The first-order valence-electron chi connectivity index (χ1n) is 6.51. The topological polar surface area (TPSA) is 98.7 Å². The predicted molar refractivity (Wildman–Crippen MR) is 66.5 cm³/mol. The van der Waals surface area contributed by atoms with Crippen LogP contribution in [0.25, 0.3) is 0 Å². The van der Waals surface area contributed by atoms with E-state index in [1.165, 1.54) is 0 Å². The monoisotopic (exact) mass is 269 g/mol. The van der Waals surface area contributed by atoms with Crippen LogP contribution in [0.1, 0.15) is 26.2 Å². The van der Waals surface area contributed by atoms with Crippen molar-refractivity contribution in [3.8, 4) is 0 Å². The van der Waals surface area contributed by atoms with Gasteiger partial charge in [-0.25, -0.2) is 9.59 Å². The quantitative estimate of drug-likeness (QED) is 0.656. The summed E-state index contributed by atoms with van der Waals surface area (Å²) >= 11 is 0. The molecule has 0 aromatic heterocycles. The highest BCUT2D eigenvalue weighted by molar-refractivity contribution is 5.90. The van der Waals surface area contributed by atoms with Crippen molar-refractivity contribution >= 4 is 17.9 Å². The number of carboxylic acid groups (broad SMARTS) is 1. The van der Waals surface area contributed by atoms with Gasteiger partial charge in [0, 0.05) is 13.1 Å². The standard InChI is InChI=1S/C12H19N3O4/c1-2-12(3-4-12)7-14-11(19)15-6-9(16)13-5-8(15)10(17)18/h8H,2-7H2,1H3,(H,13,16)(H,14,19)(H,17,18). The average Bonchev–Trinajstić information content (AvgIpc) is 3.16. The van der Waals surface area contributed by atoms with Gasteiger partial charge in [0.05, 0.1) is 0 Å². The maximum Gasteiger partial charge on any atom is 0.328 e. The lowest BCUT2D eigenvalue weighted by atomic mass is 10.0. The molecule has 7 heteroatoms. The number of hydrogen-bond donors (Lipinski definition) is 3. The Hall–Kier alpha value is -1.79. The summed E-state index contributed by atoms with van der Waals surface area (Å²) in [5.41, 5.74) is 0.187. The summed E-state index contributed by atoms with van der Waals surface area (Å²) in [6, 6.07) is -1.46. The number of amides is 3. The molecule has 1 atom stereocenters. The number of urea groups is 1. The summed E-state index contributed by atoms with van der Waals surface area (Å²) < 4.78 is 0. The predicted octanol–water partition coefficient (Wildman–Crippen LogP) is -0.229. The number of nitrogens with one attached hydrogen (secondary N) is 2. The fourth-order valence-corrected chi connectivity index (χ4v) is 2.27. The van der Waals surface area contributed by atoms with Crippen molar-refractivity contribution in [3.05, 3.63) is 0 Å². The summed E-state index contributed by atoms with van der Waals surface area (Å²) in [4.78, 5) is 35.5. The van der Waals surface area contributed by atoms with Gasteiger partial charge in [0.25, 0.3) is 0 Å². The molecule has 2 aliphatic rings. The first kappa shape index (κ1) is 13.6. The van der Waals surface area contributed by atoms with Gasteiger partial charge in [-0.1, -0.05) is 6.92 Å². The molecular formula is C12H19N3O4. The van der Waals surface area contributed by atoms with Crippen molar-refractivity contribution in [2.75, 3.05) is 19.6 Å². The van der Waals surface area contributed by atoms with Crippen molar-refractivity contribution < 1.29 is 19.5 Å². The number of carbonyl (C=O) groups is 3. The van der Waals surface area contributed by atoms with E-state index in [0.717, 1.165) is 24.2 Å². The van der Waals surface area contributed by atoms with Gasteiger partial charge < -0.3 is 15.7 Å². The van der Waals surface area contributed by atoms with Crippen molar-refractivity contribution in [2.24, 2.45) is 5.41 Å². The Labute approximate surface area is 111 Å². The molecule has 3 amide bonds. The molecule has 19 heavy (non-hydrogen) atoms. The fourth-order valence-electron chi connectivity index (χ4n) is 2.27. The molecular weight excluding hydrogens is 250 g/mol. The van der Waals surface area contributed by atoms with Crippen molar-refractivity contribution in [3.63, 3.8) is 0 Å². The molecule has 2 rings (SSSR count). The molecule has 106 valence electrons. The second-order valence-electron chi connectivity index (χ2n) is 5.30. The van der Waals surface area contributed by atoms with Gasteiger partial charge in [-0.2, -0.15) is 0 Å². The van der Waals surface area contributed by atoms with E-state index in [0.29, 0.717) is 6.54 Å². The van der Waals surface area contributed by atoms with E-state index in [1.807, 2.05) is 0 Å². The zero-order valence-corrected chi connectivity index (χ0v) is 10.9. The van der Waals surface area contributed by atoms with Crippen molar-refractivity contribution in [1.29, 1.82) is 0 Å². The van der Waals surface area contributed by atoms with E-state index >= 15 is 0 Å². The van der Waals surface area contributed by atoms with Gasteiger partial charge >= 0.3 is 12.0 Å². The third-order valence-electron chi connectivity index (χ3n) is 4.05. The minimum Gasteiger partial charge on any atom is -0.480 e. The summed E-state index contributed by atoms with van der Waals surface area (Å²) in [6.07, 6.45) is 3.18. The van der Waals surface area contributed by atoms with Crippen molar-refractivity contribution in [1.82, 2.24) is 15.5 Å². The molecule has 1 saturated heterocycles. The van der Waals surface area contributed by atoms with E-state index in [2.05, 4.69) is 17.6 Å². The van der Waals surface area contributed by atoms with Crippen LogP contribution < -0.4 is 10.6 Å². The van der Waals surface area contributed by atoms with E-state index in [-0.39, 0.29) is 24.4 Å². The molecule has 0 aromatic rings. The Kier molecular flexibility index (Phi) is 3.64. The molecule has 7 nitrogen and oxygen atoms in total. The Morgan fingerprint density at radius 3 is 2.74 bits per heavy atom. The lowest BCUT2D eigenvalue weighted by Gasteiger charge is -2.33. The van der Waals surface area contributed by atoms with E-state index < -0.39 is 18.0 Å². The van der Waals surface area contributed by atoms with Crippen LogP contribution in [0.3, 0.4) is 0 Å². The Bertz CT molecular complexity index is 406. The SMILES string of the molecule is CCC1(CNC(=O)N2CC(=O)NCC2C(=O)O)CC1. The smallest absolute Gasteiger partial charge is 0.328 e. The molecule has 1 saturated carbocycles. The van der Waals surface area contributed by atoms with Gasteiger partial charge in [-0.15, -0.1) is 0 Å². The molecule has 1 heterocycles. The van der Waals surface area contributed by atoms with E-state index in [9.17, 15) is 14.4 Å². The van der Waals surface area contributed by atoms with Gasteiger partial charge in [0.15, 0.2) is 0 Å². The van der Waals surface area contributed by atoms with Gasteiger partial charge in [-0.05, 0) is 24.7 Å². The minimum absolute atomic E-state index is 0.0412. The zero-order chi connectivity index (χ0) is 14.0. The highest BCUT2D eigenvalue weighted by Gasteiger charge is 2.42. The molecule has 1 aliphatic heterocycles. The minimum atomic E-state index is -1.10. The van der Waals surface area contributed by atoms with Crippen LogP contribution >= 0.6 is 0 Å². The fraction of sp³-hybridized carbons (Fsp3) is 0.750. The highest BCUT2D eigenvalue weighted by Crippen LogP contribution is 2.47. The molecule has 3 N–H and O–H groups in total. The maximum absolute atomic E-state index is 12.0. The molecule has 1 aliphatic carbocycles. The van der Waals surface area contributed by atoms with Gasteiger partial charge in [0.1, 0.15) is 12.6 Å². The van der Waals surface area contributed by atoms with E-state index in [1.54, 1.807) is 0 Å². The summed E-state index contributed by atoms with van der Waals surface area (Å²) in [5, 5.41) is 14.3. The van der Waals surface area contributed by atoms with Gasteiger partial charge in [-0.3, -0.25) is 9.69 Å². The van der Waals surface area contributed by atoms with Crippen LogP contribution in [0.2, 0.25) is 0 Å². The maximum atomic E-state index is 12.0. The van der Waals surface area contributed by atoms with E-state index in [4.69, 9.17) is 5.11 Å². The van der Waals surface area contributed by atoms with Crippen LogP contribution in [-0.4, -0.2) is 53.6 Å². The number of aliphatic carboxylic acids is 1. The number of carbonyl (C=O) groups excluding carboxylic acids is 2. The Balaban J connectivity index is 1.94. The largest absolute Gasteiger partial charge is 0.480 e. The van der Waals surface area contributed by atoms with Crippen LogP contribution in [0, 0.1) is 5.41 Å². The first-order valence-corrected chi connectivity index (χ1v) is 6.51. The van der Waals surface area contributed by atoms with Crippen molar-refractivity contribution in [2.45, 2.75) is 32.2 Å². The molecule has 0 bridgehead atoms. The number of carboxylic acids is 1. The second-order valence-corrected chi connectivity index (χ2v) is 5.30. The molecule has 2 fully saturated rings. The highest BCUT2D eigenvalue weighted by atomic mass is 16.4. The second kappa shape index (κ2) is 5.07. The van der Waals surface area contributed by atoms with Crippen LogP contribution in [-0.2, 0) is 9.59 Å². The average molecular weight is 269 g/mol. The molecule has 0 radical (unpaired) electrons. The normalized spacial score (nSPS) is 24.6. The number of nitrogens with zero attached hydrogens (tertiary/aromatic N) is 1. The third-order valence-corrected chi connectivity index (χ3v) is 4.05. The summed E-state index contributed by atoms with van der Waals surface area (Å²) in [6.45, 7) is 2.38. The Morgan fingerprint density at radius 2 is 2.21 bits per heavy atom. The number of rotatable bonds is 4. The lowest BCUT2D eigenvalue weighted by molar-refractivity contribution is -0.144. The summed E-state index contributed by atoms with van der Waals surface area (Å²) in [7, 11) is 0. The number of piperazine rings is 1. The lowest BCUT2D eigenvalue weighted by Crippen LogP contribution is -2.61. The van der Waals surface area contributed by atoms with Crippen LogP contribution in [0.5, 0.6) is 0 Å². The van der Waals surface area contributed by atoms with Crippen LogP contribution in [0.15, 0.2) is 0 Å². The first-order chi connectivity index (χ1) is 8.97. The molecule has 1 unspecified atom stereocenters. The number of hydrogen-bond acceptors (Lipinski definition) is 3. The van der Waals surface area contributed by atoms with Crippen LogP contribution in [0.4, 0.5) is 4.79 Å². The van der Waals surface area contributed by atoms with Gasteiger partial charge in [0.2, 0.25) is 5.91 Å². The zero-order valence-electron chi connectivity index (χ0n) is 10.9. The summed E-state index contributed by atoms with van der Waals surface area (Å²) in [5.74, 6) is -1.43. The third kappa shape index (κ3) is 2.97.